The molecule has 2 aromatic heterocycles. The number of fused-ring (bicyclic) bond motifs is 1. The Balaban J connectivity index is 1.71. The molecule has 0 atom stereocenters. The quantitative estimate of drug-likeness (QED) is 0.579. The molecule has 0 aliphatic heterocycles. The summed E-state index contributed by atoms with van der Waals surface area (Å²) in [6.45, 7) is 4.67. The predicted octanol–water partition coefficient (Wildman–Crippen LogP) is 4.55. The van der Waals surface area contributed by atoms with Gasteiger partial charge in [0.15, 0.2) is 0 Å². The lowest BCUT2D eigenvalue weighted by Crippen LogP contribution is -2.15. The molecule has 0 aliphatic carbocycles. The van der Waals surface area contributed by atoms with Crippen LogP contribution in [0.25, 0.3) is 16.6 Å². The number of aromatic nitrogens is 3. The Kier molecular flexibility index (Phi) is 4.24. The fraction of sp³-hybridized carbons (Fsp3) is 0.143. The molecule has 2 aromatic carbocycles. The molecule has 0 fully saturated rings. The van der Waals surface area contributed by atoms with E-state index >= 15 is 0 Å². The highest BCUT2D eigenvalue weighted by molar-refractivity contribution is 6.12. The second-order valence-corrected chi connectivity index (χ2v) is 6.36. The lowest BCUT2D eigenvalue weighted by Gasteiger charge is -2.08. The van der Waals surface area contributed by atoms with Gasteiger partial charge in [-0.1, -0.05) is 18.2 Å². The van der Waals surface area contributed by atoms with E-state index in [2.05, 4.69) is 10.4 Å². The summed E-state index contributed by atoms with van der Waals surface area (Å²) < 4.78 is 16.9. The molecule has 136 valence electrons. The molecule has 0 saturated heterocycles. The van der Waals surface area contributed by atoms with Crippen LogP contribution in [0.4, 0.5) is 10.2 Å². The van der Waals surface area contributed by atoms with E-state index in [4.69, 9.17) is 0 Å². The van der Waals surface area contributed by atoms with Gasteiger partial charge < -0.3 is 9.88 Å². The molecule has 0 bridgehead atoms. The van der Waals surface area contributed by atoms with Crippen LogP contribution in [0.15, 0.2) is 60.8 Å². The van der Waals surface area contributed by atoms with Crippen LogP contribution in [0.3, 0.4) is 0 Å². The van der Waals surface area contributed by atoms with Gasteiger partial charge in [0.05, 0.1) is 16.9 Å². The van der Waals surface area contributed by atoms with E-state index in [1.165, 1.54) is 12.1 Å². The van der Waals surface area contributed by atoms with Gasteiger partial charge in [-0.3, -0.25) is 4.79 Å². The highest BCUT2D eigenvalue weighted by Gasteiger charge is 2.17. The van der Waals surface area contributed by atoms with Crippen molar-refractivity contribution < 1.29 is 9.18 Å². The molecule has 4 rings (SSSR count). The van der Waals surface area contributed by atoms with Crippen LogP contribution < -0.4 is 5.32 Å². The number of hydrogen-bond donors (Lipinski definition) is 1. The maximum absolute atomic E-state index is 13.2. The first kappa shape index (κ1) is 17.0. The van der Waals surface area contributed by atoms with Crippen molar-refractivity contribution in [3.8, 4) is 5.69 Å². The van der Waals surface area contributed by atoms with E-state index in [1.54, 1.807) is 22.9 Å². The first-order valence-electron chi connectivity index (χ1n) is 8.78. The van der Waals surface area contributed by atoms with E-state index in [1.807, 2.05) is 48.9 Å². The number of halogens is 1. The Morgan fingerprint density at radius 2 is 1.89 bits per heavy atom. The van der Waals surface area contributed by atoms with Crippen LogP contribution in [0.1, 0.15) is 23.0 Å². The van der Waals surface area contributed by atoms with E-state index in [0.717, 1.165) is 23.1 Å². The zero-order valence-corrected chi connectivity index (χ0v) is 15.1. The van der Waals surface area contributed by atoms with Crippen LogP contribution in [0.5, 0.6) is 0 Å². The zero-order valence-electron chi connectivity index (χ0n) is 15.1. The number of aryl methyl sites for hydroxylation is 2. The number of nitrogens with one attached hydrogen (secondary N) is 1. The molecule has 5 nitrogen and oxygen atoms in total. The van der Waals surface area contributed by atoms with Crippen LogP contribution in [0.2, 0.25) is 0 Å². The molecule has 0 radical (unpaired) electrons. The molecular weight excluding hydrogens is 343 g/mol. The number of benzene rings is 2. The first-order valence-corrected chi connectivity index (χ1v) is 8.78. The van der Waals surface area contributed by atoms with Gasteiger partial charge in [0.25, 0.3) is 5.91 Å². The standard InChI is InChI=1S/C21H19FN4O/c1-3-25-13-18(17-6-4-5-7-19(17)25)21(27)23-20-12-14(2)24-26(20)16-10-8-15(22)9-11-16/h4-13H,3H2,1-2H3,(H,23,27). The van der Waals surface area contributed by atoms with Gasteiger partial charge in [-0.15, -0.1) is 0 Å². The Morgan fingerprint density at radius 1 is 1.15 bits per heavy atom. The average molecular weight is 362 g/mol. The lowest BCUT2D eigenvalue weighted by molar-refractivity contribution is 0.102. The van der Waals surface area contributed by atoms with Gasteiger partial charge in [-0.25, -0.2) is 9.07 Å². The van der Waals surface area contributed by atoms with Crippen molar-refractivity contribution in [2.24, 2.45) is 0 Å². The van der Waals surface area contributed by atoms with Gasteiger partial charge in [-0.05, 0) is 44.2 Å². The van der Waals surface area contributed by atoms with Crippen molar-refractivity contribution in [1.82, 2.24) is 14.3 Å². The third-order valence-electron chi connectivity index (χ3n) is 4.52. The number of rotatable bonds is 4. The van der Waals surface area contributed by atoms with Crippen LogP contribution in [-0.4, -0.2) is 20.3 Å². The van der Waals surface area contributed by atoms with Gasteiger partial charge in [-0.2, -0.15) is 5.10 Å². The van der Waals surface area contributed by atoms with E-state index in [-0.39, 0.29) is 11.7 Å². The van der Waals surface area contributed by atoms with Crippen molar-refractivity contribution in [3.63, 3.8) is 0 Å². The number of anilines is 1. The Bertz CT molecular complexity index is 1130. The number of amides is 1. The molecule has 1 N–H and O–H groups in total. The van der Waals surface area contributed by atoms with Crippen molar-refractivity contribution in [2.75, 3.05) is 5.32 Å². The molecule has 2 heterocycles. The monoisotopic (exact) mass is 362 g/mol. The van der Waals surface area contributed by atoms with Crippen molar-refractivity contribution in [3.05, 3.63) is 77.9 Å². The average Bonchev–Trinajstić information content (AvgIpc) is 3.22. The van der Waals surface area contributed by atoms with Crippen LogP contribution in [-0.2, 0) is 6.54 Å². The van der Waals surface area contributed by atoms with Crippen molar-refractivity contribution in [1.29, 1.82) is 0 Å². The molecule has 1 amide bonds. The topological polar surface area (TPSA) is 51.9 Å². The molecule has 27 heavy (non-hydrogen) atoms. The summed E-state index contributed by atoms with van der Waals surface area (Å²) in [6, 6.07) is 15.6. The third-order valence-corrected chi connectivity index (χ3v) is 4.52. The van der Waals surface area contributed by atoms with E-state index in [0.29, 0.717) is 17.1 Å². The molecule has 0 saturated carbocycles. The molecule has 0 unspecified atom stereocenters. The number of hydrogen-bond acceptors (Lipinski definition) is 2. The molecule has 6 heteroatoms. The molecule has 0 spiro atoms. The van der Waals surface area contributed by atoms with Crippen molar-refractivity contribution in [2.45, 2.75) is 20.4 Å². The van der Waals surface area contributed by atoms with Gasteiger partial charge in [0, 0.05) is 29.7 Å². The summed E-state index contributed by atoms with van der Waals surface area (Å²) in [5.74, 6) is 0.0136. The lowest BCUT2D eigenvalue weighted by atomic mass is 10.1. The number of nitrogens with zero attached hydrogens (tertiary/aromatic N) is 3. The smallest absolute Gasteiger partial charge is 0.258 e. The first-order chi connectivity index (χ1) is 13.1. The summed E-state index contributed by atoms with van der Waals surface area (Å²) in [5.41, 5.74) is 3.06. The molecular formula is C21H19FN4O. The summed E-state index contributed by atoms with van der Waals surface area (Å²) in [5, 5.41) is 8.26. The SMILES string of the molecule is CCn1cc(C(=O)Nc2cc(C)nn2-c2ccc(F)cc2)c2ccccc21. The number of carbonyl (C=O) groups excluding carboxylic acids is 1. The van der Waals surface area contributed by atoms with E-state index in [9.17, 15) is 9.18 Å². The molecule has 0 aliphatic rings. The zero-order chi connectivity index (χ0) is 19.0. The van der Waals surface area contributed by atoms with Gasteiger partial charge in [0.2, 0.25) is 0 Å². The summed E-state index contributed by atoms with van der Waals surface area (Å²) in [7, 11) is 0. The van der Waals surface area contributed by atoms with Crippen molar-refractivity contribution >= 4 is 22.6 Å². The second kappa shape index (κ2) is 6.72. The minimum Gasteiger partial charge on any atom is -0.347 e. The van der Waals surface area contributed by atoms with Gasteiger partial charge >= 0.3 is 0 Å². The Hall–Kier alpha value is -3.41. The summed E-state index contributed by atoms with van der Waals surface area (Å²) in [4.78, 5) is 13.0. The fourth-order valence-corrected chi connectivity index (χ4v) is 3.24. The van der Waals surface area contributed by atoms with Crippen LogP contribution in [0, 0.1) is 12.7 Å². The minimum atomic E-state index is -0.319. The summed E-state index contributed by atoms with van der Waals surface area (Å²) >= 11 is 0. The highest BCUT2D eigenvalue weighted by Crippen LogP contribution is 2.24. The predicted molar refractivity (Wildman–Crippen MR) is 104 cm³/mol. The van der Waals surface area contributed by atoms with Gasteiger partial charge in [0.1, 0.15) is 11.6 Å². The fourth-order valence-electron chi connectivity index (χ4n) is 3.24. The van der Waals surface area contributed by atoms with E-state index < -0.39 is 0 Å². The minimum absolute atomic E-state index is 0.207. The highest BCUT2D eigenvalue weighted by atomic mass is 19.1. The van der Waals surface area contributed by atoms with Crippen LogP contribution >= 0.6 is 0 Å². The third kappa shape index (κ3) is 3.10. The Morgan fingerprint density at radius 3 is 2.63 bits per heavy atom. The molecule has 4 aromatic rings. The largest absolute Gasteiger partial charge is 0.347 e. The Labute approximate surface area is 156 Å². The number of carbonyl (C=O) groups is 1. The maximum Gasteiger partial charge on any atom is 0.258 e. The normalized spacial score (nSPS) is 11.1. The maximum atomic E-state index is 13.2. The second-order valence-electron chi connectivity index (χ2n) is 6.36. The summed E-state index contributed by atoms with van der Waals surface area (Å²) in [6.07, 6.45) is 1.87. The number of para-hydroxylation sites is 1.